The zero-order valence-corrected chi connectivity index (χ0v) is 19.4. The van der Waals surface area contributed by atoms with E-state index < -0.39 is 18.5 Å². The number of nitriles is 1. The van der Waals surface area contributed by atoms with Crippen LogP contribution in [0.4, 0.5) is 5.69 Å². The number of hydrogen-bond donors (Lipinski definition) is 1. The van der Waals surface area contributed by atoms with Crippen molar-refractivity contribution in [1.82, 2.24) is 14.3 Å². The molecule has 2 aromatic rings. The van der Waals surface area contributed by atoms with Crippen molar-refractivity contribution in [1.29, 1.82) is 5.26 Å². The lowest BCUT2D eigenvalue weighted by Crippen LogP contribution is -2.22. The number of nitrogens with one attached hydrogen (secondary N) is 1. The normalized spacial score (nSPS) is 11.5. The molecule has 166 valence electrons. The van der Waals surface area contributed by atoms with Gasteiger partial charge in [0.1, 0.15) is 11.6 Å². The highest BCUT2D eigenvalue weighted by Gasteiger charge is 2.17. The van der Waals surface area contributed by atoms with E-state index in [4.69, 9.17) is 4.74 Å². The van der Waals surface area contributed by atoms with Gasteiger partial charge >= 0.3 is 5.97 Å². The van der Waals surface area contributed by atoms with Crippen LogP contribution in [0.5, 0.6) is 0 Å². The smallest absolute Gasteiger partial charge is 0.349 e. The van der Waals surface area contributed by atoms with Gasteiger partial charge in [-0.15, -0.1) is 0 Å². The van der Waals surface area contributed by atoms with Crippen molar-refractivity contribution >= 4 is 23.6 Å². The molecule has 0 fully saturated rings. The van der Waals surface area contributed by atoms with Gasteiger partial charge in [-0.2, -0.15) is 10.4 Å². The first-order valence-electron chi connectivity index (χ1n) is 10.3. The molecule has 1 amide bonds. The van der Waals surface area contributed by atoms with Crippen LogP contribution in [0.2, 0.25) is 0 Å². The van der Waals surface area contributed by atoms with Crippen molar-refractivity contribution in [2.45, 2.75) is 54.5 Å². The lowest BCUT2D eigenvalue weighted by atomic mass is 10.1. The summed E-state index contributed by atoms with van der Waals surface area (Å²) in [5, 5.41) is 16.4. The van der Waals surface area contributed by atoms with Crippen molar-refractivity contribution in [2.75, 3.05) is 11.9 Å². The van der Waals surface area contributed by atoms with Crippen LogP contribution in [0.25, 0.3) is 6.08 Å². The lowest BCUT2D eigenvalue weighted by molar-refractivity contribution is -0.142. The zero-order chi connectivity index (χ0) is 23.3. The number of anilines is 1. The number of carbonyl (C=O) groups is 2. The molecular formula is C23H31N5O3. The van der Waals surface area contributed by atoms with Crippen LogP contribution in [0.3, 0.4) is 0 Å². The highest BCUT2D eigenvalue weighted by molar-refractivity contribution is 6.00. The van der Waals surface area contributed by atoms with Crippen molar-refractivity contribution in [3.05, 3.63) is 40.0 Å². The van der Waals surface area contributed by atoms with Gasteiger partial charge in [-0.05, 0) is 57.7 Å². The molecule has 0 radical (unpaired) electrons. The molecule has 0 spiro atoms. The summed E-state index contributed by atoms with van der Waals surface area (Å²) < 4.78 is 8.90. The predicted octanol–water partition coefficient (Wildman–Crippen LogP) is 3.59. The minimum absolute atomic E-state index is 0.148. The van der Waals surface area contributed by atoms with Gasteiger partial charge < -0.3 is 14.6 Å². The Morgan fingerprint density at radius 1 is 1.26 bits per heavy atom. The maximum absolute atomic E-state index is 12.4. The molecule has 2 aromatic heterocycles. The third-order valence-electron chi connectivity index (χ3n) is 5.29. The number of aromatic nitrogens is 3. The molecule has 31 heavy (non-hydrogen) atoms. The average molecular weight is 426 g/mol. The fraction of sp³-hybridized carbons (Fsp3) is 0.478. The summed E-state index contributed by atoms with van der Waals surface area (Å²) in [6.07, 6.45) is 2.56. The summed E-state index contributed by atoms with van der Waals surface area (Å²) in [6, 6.07) is 3.83. The predicted molar refractivity (Wildman–Crippen MR) is 119 cm³/mol. The molecule has 0 saturated heterocycles. The Bertz CT molecular complexity index is 1050. The largest absolute Gasteiger partial charge is 0.451 e. The molecule has 0 unspecified atom stereocenters. The van der Waals surface area contributed by atoms with Crippen LogP contribution in [0.1, 0.15) is 48.6 Å². The van der Waals surface area contributed by atoms with Gasteiger partial charge in [0.25, 0.3) is 5.91 Å². The second-order valence-electron chi connectivity index (χ2n) is 8.12. The van der Waals surface area contributed by atoms with Gasteiger partial charge in [0.05, 0.1) is 17.1 Å². The third-order valence-corrected chi connectivity index (χ3v) is 5.29. The Hall–Kier alpha value is -3.34. The maximum atomic E-state index is 12.4. The average Bonchev–Trinajstić information content (AvgIpc) is 3.11. The van der Waals surface area contributed by atoms with E-state index in [1.165, 1.54) is 6.08 Å². The number of rotatable bonds is 8. The van der Waals surface area contributed by atoms with Crippen LogP contribution >= 0.6 is 0 Å². The van der Waals surface area contributed by atoms with Gasteiger partial charge in [0, 0.05) is 25.0 Å². The summed E-state index contributed by atoms with van der Waals surface area (Å²) in [7, 11) is 1.78. The Kier molecular flexibility index (Phi) is 7.81. The van der Waals surface area contributed by atoms with Crippen molar-refractivity contribution < 1.29 is 14.3 Å². The number of ether oxygens (including phenoxy) is 1. The Labute approximate surface area is 183 Å². The van der Waals surface area contributed by atoms with Crippen molar-refractivity contribution in [3.63, 3.8) is 0 Å². The molecule has 0 saturated carbocycles. The lowest BCUT2D eigenvalue weighted by Gasteiger charge is -2.11. The van der Waals surface area contributed by atoms with E-state index in [1.807, 2.05) is 32.9 Å². The third kappa shape index (κ3) is 5.85. The topological polar surface area (TPSA) is 102 Å². The molecule has 0 aliphatic carbocycles. The number of nitrogens with zero attached hydrogens (tertiary/aromatic N) is 4. The summed E-state index contributed by atoms with van der Waals surface area (Å²) in [4.78, 5) is 24.6. The van der Waals surface area contributed by atoms with E-state index >= 15 is 0 Å². The standard InChI is InChI=1S/C23H31N5O3/c1-14(2)8-9-28-15(3)10-19(17(28)5)11-20(12-24)23(30)31-13-21(29)25-22-16(4)26-27(7)18(22)6/h10-11,14H,8-9,13H2,1-7H3,(H,25,29)/b20-11+. The maximum Gasteiger partial charge on any atom is 0.349 e. The summed E-state index contributed by atoms with van der Waals surface area (Å²) in [6.45, 7) is 12.3. The second kappa shape index (κ2) is 10.1. The molecule has 0 aliphatic rings. The molecule has 0 atom stereocenters. The van der Waals surface area contributed by atoms with Crippen LogP contribution in [0.15, 0.2) is 11.6 Å². The first-order chi connectivity index (χ1) is 14.5. The SMILES string of the molecule is Cc1nn(C)c(C)c1NC(=O)COC(=O)/C(C#N)=C/c1cc(C)n(CCC(C)C)c1C. The number of aryl methyl sites for hydroxylation is 3. The first kappa shape index (κ1) is 23.9. The Morgan fingerprint density at radius 2 is 1.94 bits per heavy atom. The van der Waals surface area contributed by atoms with E-state index in [0.717, 1.165) is 35.6 Å². The Balaban J connectivity index is 2.07. The van der Waals surface area contributed by atoms with Gasteiger partial charge in [-0.25, -0.2) is 4.79 Å². The van der Waals surface area contributed by atoms with E-state index in [-0.39, 0.29) is 5.57 Å². The fourth-order valence-electron chi connectivity index (χ4n) is 3.34. The van der Waals surface area contributed by atoms with Crippen molar-refractivity contribution in [3.8, 4) is 6.07 Å². The van der Waals surface area contributed by atoms with E-state index in [0.29, 0.717) is 17.3 Å². The number of hydrogen-bond acceptors (Lipinski definition) is 5. The van der Waals surface area contributed by atoms with E-state index in [9.17, 15) is 14.9 Å². The van der Waals surface area contributed by atoms with Crippen LogP contribution in [-0.4, -0.2) is 32.8 Å². The quantitative estimate of drug-likeness (QED) is 0.396. The van der Waals surface area contributed by atoms with E-state index in [2.05, 4.69) is 28.8 Å². The van der Waals surface area contributed by atoms with Gasteiger partial charge in [0.2, 0.25) is 0 Å². The molecule has 0 aromatic carbocycles. The van der Waals surface area contributed by atoms with Crippen molar-refractivity contribution in [2.24, 2.45) is 13.0 Å². The Morgan fingerprint density at radius 3 is 2.48 bits per heavy atom. The number of amides is 1. The number of esters is 1. The molecule has 8 nitrogen and oxygen atoms in total. The second-order valence-corrected chi connectivity index (χ2v) is 8.12. The van der Waals surface area contributed by atoms with Crippen LogP contribution in [0, 0.1) is 44.9 Å². The molecule has 0 aliphatic heterocycles. The first-order valence-corrected chi connectivity index (χ1v) is 10.3. The van der Waals surface area contributed by atoms with Gasteiger partial charge in [-0.1, -0.05) is 13.8 Å². The van der Waals surface area contributed by atoms with Gasteiger partial charge in [-0.3, -0.25) is 9.48 Å². The molecule has 8 heteroatoms. The number of carbonyl (C=O) groups excluding carboxylic acids is 2. The fourth-order valence-corrected chi connectivity index (χ4v) is 3.34. The molecular weight excluding hydrogens is 394 g/mol. The minimum Gasteiger partial charge on any atom is -0.451 e. The highest BCUT2D eigenvalue weighted by atomic mass is 16.5. The van der Waals surface area contributed by atoms with E-state index in [1.54, 1.807) is 18.7 Å². The molecule has 2 heterocycles. The van der Waals surface area contributed by atoms with Crippen LogP contribution < -0.4 is 5.32 Å². The minimum atomic E-state index is -0.829. The van der Waals surface area contributed by atoms with Crippen LogP contribution in [-0.2, 0) is 27.9 Å². The molecule has 0 bridgehead atoms. The summed E-state index contributed by atoms with van der Waals surface area (Å²) in [5.74, 6) is -0.740. The summed E-state index contributed by atoms with van der Waals surface area (Å²) in [5.41, 5.74) is 4.75. The molecule has 1 N–H and O–H groups in total. The molecule has 2 rings (SSSR count). The zero-order valence-electron chi connectivity index (χ0n) is 19.4. The highest BCUT2D eigenvalue weighted by Crippen LogP contribution is 2.20. The monoisotopic (exact) mass is 425 g/mol. The van der Waals surface area contributed by atoms with Gasteiger partial charge in [0.15, 0.2) is 6.61 Å². The summed E-state index contributed by atoms with van der Waals surface area (Å²) >= 11 is 0.